The summed E-state index contributed by atoms with van der Waals surface area (Å²) >= 11 is 0. The molecule has 0 aliphatic rings. The largest absolute Gasteiger partial charge is 0.361 e. The van der Waals surface area contributed by atoms with Crippen molar-refractivity contribution in [1.82, 2.24) is 10.5 Å². The summed E-state index contributed by atoms with van der Waals surface area (Å²) in [7, 11) is 0. The zero-order chi connectivity index (χ0) is 14.4. The lowest BCUT2D eigenvalue weighted by Gasteiger charge is -2.12. The number of aromatic nitrogens is 1. The van der Waals surface area contributed by atoms with E-state index in [1.54, 1.807) is 0 Å². The molecule has 20 heavy (non-hydrogen) atoms. The van der Waals surface area contributed by atoms with Crippen molar-refractivity contribution >= 4 is 0 Å². The molecule has 0 amide bonds. The molecule has 0 bridgehead atoms. The summed E-state index contributed by atoms with van der Waals surface area (Å²) < 4.78 is 5.18. The fourth-order valence-electron chi connectivity index (χ4n) is 2.47. The first kappa shape index (κ1) is 14.8. The van der Waals surface area contributed by atoms with Crippen LogP contribution < -0.4 is 5.32 Å². The molecule has 108 valence electrons. The SMILES string of the molecule is Cc1noc(C)c1CCCNC[C@@H](C)c1ccccc1. The maximum Gasteiger partial charge on any atom is 0.137 e. The Labute approximate surface area is 121 Å². The first-order chi connectivity index (χ1) is 9.68. The van der Waals surface area contributed by atoms with Crippen LogP contribution in [0.3, 0.4) is 0 Å². The van der Waals surface area contributed by atoms with Gasteiger partial charge in [-0.15, -0.1) is 0 Å². The van der Waals surface area contributed by atoms with Crippen LogP contribution in [0.5, 0.6) is 0 Å². The molecule has 0 saturated carbocycles. The van der Waals surface area contributed by atoms with Gasteiger partial charge in [0, 0.05) is 12.1 Å². The van der Waals surface area contributed by atoms with Gasteiger partial charge in [-0.05, 0) is 44.7 Å². The topological polar surface area (TPSA) is 38.1 Å². The van der Waals surface area contributed by atoms with E-state index in [2.05, 4.69) is 47.7 Å². The van der Waals surface area contributed by atoms with E-state index in [1.165, 1.54) is 11.1 Å². The molecule has 1 aromatic heterocycles. The number of benzene rings is 1. The molecule has 1 atom stereocenters. The molecule has 1 aromatic carbocycles. The summed E-state index contributed by atoms with van der Waals surface area (Å²) in [5, 5.41) is 7.52. The highest BCUT2D eigenvalue weighted by molar-refractivity contribution is 5.21. The molecule has 0 aliphatic heterocycles. The first-order valence-electron chi connectivity index (χ1n) is 7.36. The van der Waals surface area contributed by atoms with Crippen molar-refractivity contribution in [3.8, 4) is 0 Å². The van der Waals surface area contributed by atoms with E-state index in [-0.39, 0.29) is 0 Å². The van der Waals surface area contributed by atoms with Crippen molar-refractivity contribution in [2.45, 2.75) is 39.5 Å². The van der Waals surface area contributed by atoms with E-state index in [1.807, 2.05) is 13.8 Å². The van der Waals surface area contributed by atoms with Crippen molar-refractivity contribution in [2.24, 2.45) is 0 Å². The molecule has 0 radical (unpaired) electrons. The van der Waals surface area contributed by atoms with Gasteiger partial charge in [-0.25, -0.2) is 0 Å². The Hall–Kier alpha value is -1.61. The van der Waals surface area contributed by atoms with Crippen LogP contribution in [0.2, 0.25) is 0 Å². The third-order valence-electron chi connectivity index (χ3n) is 3.78. The van der Waals surface area contributed by atoms with Gasteiger partial charge in [-0.2, -0.15) is 0 Å². The van der Waals surface area contributed by atoms with Crippen molar-refractivity contribution in [3.63, 3.8) is 0 Å². The first-order valence-corrected chi connectivity index (χ1v) is 7.36. The van der Waals surface area contributed by atoms with Gasteiger partial charge in [-0.1, -0.05) is 42.4 Å². The second-order valence-corrected chi connectivity index (χ2v) is 5.42. The molecule has 2 rings (SSSR count). The lowest BCUT2D eigenvalue weighted by molar-refractivity contribution is 0.392. The second kappa shape index (κ2) is 7.25. The molecule has 0 unspecified atom stereocenters. The third kappa shape index (κ3) is 3.94. The van der Waals surface area contributed by atoms with E-state index in [0.29, 0.717) is 5.92 Å². The Morgan fingerprint density at radius 2 is 1.95 bits per heavy atom. The van der Waals surface area contributed by atoms with E-state index in [9.17, 15) is 0 Å². The van der Waals surface area contributed by atoms with Crippen LogP contribution in [0.1, 0.15) is 41.8 Å². The minimum atomic E-state index is 0.551. The van der Waals surface area contributed by atoms with Gasteiger partial charge in [-0.3, -0.25) is 0 Å². The van der Waals surface area contributed by atoms with Gasteiger partial charge in [0.1, 0.15) is 5.76 Å². The summed E-state index contributed by atoms with van der Waals surface area (Å²) in [5.41, 5.74) is 3.69. The maximum absolute atomic E-state index is 5.18. The Bertz CT molecular complexity index is 500. The second-order valence-electron chi connectivity index (χ2n) is 5.42. The molecule has 0 saturated heterocycles. The molecule has 1 heterocycles. The quantitative estimate of drug-likeness (QED) is 0.782. The third-order valence-corrected chi connectivity index (χ3v) is 3.78. The Balaban J connectivity index is 1.67. The van der Waals surface area contributed by atoms with Gasteiger partial charge in [0.25, 0.3) is 0 Å². The minimum Gasteiger partial charge on any atom is -0.361 e. The van der Waals surface area contributed by atoms with Crippen LogP contribution in [-0.4, -0.2) is 18.2 Å². The van der Waals surface area contributed by atoms with E-state index in [4.69, 9.17) is 4.52 Å². The lowest BCUT2D eigenvalue weighted by Crippen LogP contribution is -2.21. The Morgan fingerprint density at radius 3 is 2.60 bits per heavy atom. The zero-order valence-electron chi connectivity index (χ0n) is 12.6. The lowest BCUT2D eigenvalue weighted by atomic mass is 10.0. The molecule has 3 nitrogen and oxygen atoms in total. The molecule has 1 N–H and O–H groups in total. The van der Waals surface area contributed by atoms with Crippen LogP contribution in [0.15, 0.2) is 34.9 Å². The summed E-state index contributed by atoms with van der Waals surface area (Å²) in [6.45, 7) is 8.31. The molecular weight excluding hydrogens is 248 g/mol. The molecule has 2 aromatic rings. The van der Waals surface area contributed by atoms with Crippen molar-refractivity contribution < 1.29 is 4.52 Å². The highest BCUT2D eigenvalue weighted by Gasteiger charge is 2.08. The van der Waals surface area contributed by atoms with Crippen LogP contribution in [0.25, 0.3) is 0 Å². The summed E-state index contributed by atoms with van der Waals surface area (Å²) in [4.78, 5) is 0. The maximum atomic E-state index is 5.18. The monoisotopic (exact) mass is 272 g/mol. The number of hydrogen-bond acceptors (Lipinski definition) is 3. The molecule has 0 spiro atoms. The van der Waals surface area contributed by atoms with E-state index in [0.717, 1.165) is 37.4 Å². The fraction of sp³-hybridized carbons (Fsp3) is 0.471. The summed E-state index contributed by atoms with van der Waals surface area (Å²) in [6, 6.07) is 10.6. The minimum absolute atomic E-state index is 0.551. The van der Waals surface area contributed by atoms with E-state index >= 15 is 0 Å². The molecular formula is C17H24N2O. The highest BCUT2D eigenvalue weighted by Crippen LogP contribution is 2.15. The van der Waals surface area contributed by atoms with Crippen molar-refractivity contribution in [3.05, 3.63) is 52.9 Å². The van der Waals surface area contributed by atoms with Crippen LogP contribution in [0.4, 0.5) is 0 Å². The van der Waals surface area contributed by atoms with Gasteiger partial charge < -0.3 is 9.84 Å². The molecule has 0 aliphatic carbocycles. The zero-order valence-corrected chi connectivity index (χ0v) is 12.6. The summed E-state index contributed by atoms with van der Waals surface area (Å²) in [5.74, 6) is 1.51. The van der Waals surface area contributed by atoms with Crippen LogP contribution in [0, 0.1) is 13.8 Å². The van der Waals surface area contributed by atoms with Gasteiger partial charge in [0.2, 0.25) is 0 Å². The number of hydrogen-bond donors (Lipinski definition) is 1. The smallest absolute Gasteiger partial charge is 0.137 e. The standard InChI is InChI=1S/C17H24N2O/c1-13(16-8-5-4-6-9-16)12-18-11-7-10-17-14(2)19-20-15(17)3/h4-6,8-9,13,18H,7,10-12H2,1-3H3/t13-/m1/s1. The number of aryl methyl sites for hydroxylation is 2. The summed E-state index contributed by atoms with van der Waals surface area (Å²) in [6.07, 6.45) is 2.15. The average Bonchev–Trinajstić information content (AvgIpc) is 2.79. The normalized spacial score (nSPS) is 12.6. The number of nitrogens with zero attached hydrogens (tertiary/aromatic N) is 1. The molecule has 3 heteroatoms. The Kier molecular flexibility index (Phi) is 5.36. The van der Waals surface area contributed by atoms with Gasteiger partial charge >= 0.3 is 0 Å². The van der Waals surface area contributed by atoms with E-state index < -0.39 is 0 Å². The van der Waals surface area contributed by atoms with Crippen LogP contribution >= 0.6 is 0 Å². The number of rotatable bonds is 7. The van der Waals surface area contributed by atoms with Crippen molar-refractivity contribution in [1.29, 1.82) is 0 Å². The Morgan fingerprint density at radius 1 is 1.20 bits per heavy atom. The van der Waals surface area contributed by atoms with Gasteiger partial charge in [0.15, 0.2) is 0 Å². The average molecular weight is 272 g/mol. The van der Waals surface area contributed by atoms with Gasteiger partial charge in [0.05, 0.1) is 5.69 Å². The predicted octanol–water partition coefficient (Wildman–Crippen LogP) is 3.62. The van der Waals surface area contributed by atoms with Crippen LogP contribution in [-0.2, 0) is 6.42 Å². The molecule has 0 fully saturated rings. The number of nitrogens with one attached hydrogen (secondary N) is 1. The predicted molar refractivity (Wildman–Crippen MR) is 82.0 cm³/mol. The van der Waals surface area contributed by atoms with Crippen molar-refractivity contribution in [2.75, 3.05) is 13.1 Å². The highest BCUT2D eigenvalue weighted by atomic mass is 16.5. The fourth-order valence-corrected chi connectivity index (χ4v) is 2.47.